The number of para-hydroxylation sites is 2. The number of nitrogens with one attached hydrogen (secondary N) is 1. The van der Waals surface area contributed by atoms with Gasteiger partial charge in [-0.05, 0) is 12.1 Å². The molecule has 5 heterocycles. The molecule has 2 aromatic carbocycles. The van der Waals surface area contributed by atoms with Gasteiger partial charge in [0.25, 0.3) is 5.69 Å². The molecule has 1 unspecified atom stereocenters. The average molecular weight is 588 g/mol. The summed E-state index contributed by atoms with van der Waals surface area (Å²) in [6, 6.07) is 14.3. The topological polar surface area (TPSA) is 122 Å². The Morgan fingerprint density at radius 2 is 1.61 bits per heavy atom. The Balaban J connectivity index is 1.16. The van der Waals surface area contributed by atoms with E-state index in [4.69, 9.17) is 9.72 Å². The highest BCUT2D eigenvalue weighted by Gasteiger charge is 2.22. The van der Waals surface area contributed by atoms with Crippen LogP contribution in [0.5, 0.6) is 0 Å². The number of aromatic nitrogens is 4. The summed E-state index contributed by atoms with van der Waals surface area (Å²) in [7, 11) is 0. The van der Waals surface area contributed by atoms with Crippen LogP contribution in [0.1, 0.15) is 17.6 Å². The number of thiazole rings is 2. The summed E-state index contributed by atoms with van der Waals surface area (Å²) in [5.74, 6) is 0. The summed E-state index contributed by atoms with van der Waals surface area (Å²) in [6.07, 6.45) is 2.71. The first kappa shape index (κ1) is 25.8. The highest BCUT2D eigenvalue weighted by Crippen LogP contribution is 2.34. The maximum atomic E-state index is 11.5. The summed E-state index contributed by atoms with van der Waals surface area (Å²) < 4.78 is 9.39. The first-order valence-electron chi connectivity index (χ1n) is 13.0. The molecule has 7 rings (SSSR count). The second-order valence-corrected chi connectivity index (χ2v) is 11.4. The standard InChI is InChI=1S/C28H25N7O4S2/c36-26(25-17-41-28-31-23(15-34(25)28)20-6-2-4-8-24(20)35(37)38)29-21-7-3-1-5-19(21)22-14-33-18(16-40-27(33)30-22)13-32-9-11-39-12-10-32/h1-8,14-17,26,29,36H,9-13H2. The molecule has 11 nitrogen and oxygen atoms in total. The average Bonchev–Trinajstić information content (AvgIpc) is 3.76. The number of nitro groups is 1. The van der Waals surface area contributed by atoms with Gasteiger partial charge in [0.05, 0.1) is 40.8 Å². The van der Waals surface area contributed by atoms with Crippen molar-refractivity contribution >= 4 is 44.0 Å². The molecular weight excluding hydrogens is 562 g/mol. The number of fused-ring (bicyclic) bond motifs is 2. The Morgan fingerprint density at radius 3 is 2.41 bits per heavy atom. The van der Waals surface area contributed by atoms with Crippen LogP contribution in [0.2, 0.25) is 0 Å². The minimum atomic E-state index is -1.06. The minimum absolute atomic E-state index is 0.0134. The fourth-order valence-electron chi connectivity index (χ4n) is 5.09. The van der Waals surface area contributed by atoms with E-state index in [1.807, 2.05) is 35.8 Å². The van der Waals surface area contributed by atoms with Gasteiger partial charge in [-0.2, -0.15) is 0 Å². The zero-order valence-electron chi connectivity index (χ0n) is 21.7. The first-order chi connectivity index (χ1) is 20.0. The van der Waals surface area contributed by atoms with Crippen LogP contribution < -0.4 is 5.32 Å². The molecule has 0 bridgehead atoms. The highest BCUT2D eigenvalue weighted by atomic mass is 32.1. The number of nitrogens with zero attached hydrogens (tertiary/aromatic N) is 6. The van der Waals surface area contributed by atoms with Crippen molar-refractivity contribution in [3.63, 3.8) is 0 Å². The molecule has 1 aliphatic heterocycles. The van der Waals surface area contributed by atoms with Crippen LogP contribution in [0.4, 0.5) is 11.4 Å². The van der Waals surface area contributed by atoms with Crippen molar-refractivity contribution in [1.82, 2.24) is 23.7 Å². The summed E-state index contributed by atoms with van der Waals surface area (Å²) in [5.41, 5.74) is 5.08. The molecule has 4 aromatic heterocycles. The number of nitro benzene ring substituents is 1. The lowest BCUT2D eigenvalue weighted by Crippen LogP contribution is -2.35. The fraction of sp³-hybridized carbons (Fsp3) is 0.214. The number of ether oxygens (including phenoxy) is 1. The van der Waals surface area contributed by atoms with Crippen LogP contribution in [0.3, 0.4) is 0 Å². The number of anilines is 1. The predicted molar refractivity (Wildman–Crippen MR) is 158 cm³/mol. The van der Waals surface area contributed by atoms with Gasteiger partial charge in [0, 0.05) is 65.8 Å². The molecule has 0 spiro atoms. The van der Waals surface area contributed by atoms with Crippen LogP contribution in [-0.2, 0) is 11.3 Å². The first-order valence-corrected chi connectivity index (χ1v) is 14.8. The van der Waals surface area contributed by atoms with Crippen molar-refractivity contribution in [3.8, 4) is 22.5 Å². The molecule has 0 aliphatic carbocycles. The van der Waals surface area contributed by atoms with Gasteiger partial charge in [-0.1, -0.05) is 30.3 Å². The number of morpholine rings is 1. The zero-order chi connectivity index (χ0) is 27.9. The quantitative estimate of drug-likeness (QED) is 0.140. The SMILES string of the molecule is O=[N+]([O-])c1ccccc1-c1cn2c(C(O)Nc3ccccc3-c3cn4c(CN5CCOCC5)csc4n3)csc2n1. The van der Waals surface area contributed by atoms with Crippen molar-refractivity contribution in [3.05, 3.63) is 93.2 Å². The van der Waals surface area contributed by atoms with Gasteiger partial charge < -0.3 is 15.2 Å². The van der Waals surface area contributed by atoms with Gasteiger partial charge in [-0.15, -0.1) is 22.7 Å². The van der Waals surface area contributed by atoms with E-state index in [0.717, 1.165) is 54.8 Å². The molecule has 1 fully saturated rings. The summed E-state index contributed by atoms with van der Waals surface area (Å²) in [4.78, 5) is 24.5. The normalized spacial score (nSPS) is 15.0. The van der Waals surface area contributed by atoms with Crippen molar-refractivity contribution in [1.29, 1.82) is 0 Å². The van der Waals surface area contributed by atoms with Crippen molar-refractivity contribution in [2.24, 2.45) is 0 Å². The van der Waals surface area contributed by atoms with E-state index in [2.05, 4.69) is 25.0 Å². The maximum Gasteiger partial charge on any atom is 0.278 e. The molecule has 2 N–H and O–H groups in total. The second-order valence-electron chi connectivity index (χ2n) is 9.70. The molecule has 0 amide bonds. The number of imidazole rings is 2. The van der Waals surface area contributed by atoms with Gasteiger partial charge in [0.1, 0.15) is 0 Å². The number of hydrogen-bond donors (Lipinski definition) is 2. The molecule has 1 aliphatic rings. The third-order valence-corrected chi connectivity index (χ3v) is 8.91. The predicted octanol–water partition coefficient (Wildman–Crippen LogP) is 5.28. The summed E-state index contributed by atoms with van der Waals surface area (Å²) in [5, 5.41) is 30.0. The lowest BCUT2D eigenvalue weighted by Gasteiger charge is -2.26. The highest BCUT2D eigenvalue weighted by molar-refractivity contribution is 7.15. The van der Waals surface area contributed by atoms with E-state index in [1.54, 1.807) is 40.1 Å². The Kier molecular flexibility index (Phi) is 6.73. The van der Waals surface area contributed by atoms with Crippen molar-refractivity contribution < 1.29 is 14.8 Å². The van der Waals surface area contributed by atoms with Crippen LogP contribution in [0.15, 0.2) is 71.7 Å². The zero-order valence-corrected chi connectivity index (χ0v) is 23.3. The molecular formula is C28H25N7O4S2. The Morgan fingerprint density at radius 1 is 0.951 bits per heavy atom. The Bertz CT molecular complexity index is 1870. The lowest BCUT2D eigenvalue weighted by atomic mass is 10.1. The molecule has 41 heavy (non-hydrogen) atoms. The third-order valence-electron chi connectivity index (χ3n) is 7.16. The molecule has 0 saturated carbocycles. The van der Waals surface area contributed by atoms with E-state index in [9.17, 15) is 15.2 Å². The second kappa shape index (κ2) is 10.7. The van der Waals surface area contributed by atoms with Crippen LogP contribution in [-0.4, -0.2) is 60.0 Å². The molecule has 13 heteroatoms. The van der Waals surface area contributed by atoms with E-state index < -0.39 is 11.2 Å². The minimum Gasteiger partial charge on any atom is -0.379 e. The lowest BCUT2D eigenvalue weighted by molar-refractivity contribution is -0.384. The van der Waals surface area contributed by atoms with Gasteiger partial charge in [-0.3, -0.25) is 23.8 Å². The van der Waals surface area contributed by atoms with E-state index >= 15 is 0 Å². The van der Waals surface area contributed by atoms with Crippen LogP contribution in [0, 0.1) is 10.1 Å². The van der Waals surface area contributed by atoms with E-state index in [-0.39, 0.29) is 5.69 Å². The van der Waals surface area contributed by atoms with Gasteiger partial charge in [-0.25, -0.2) is 9.97 Å². The van der Waals surface area contributed by atoms with Gasteiger partial charge in [0.2, 0.25) is 0 Å². The molecule has 0 radical (unpaired) electrons. The molecule has 6 aromatic rings. The molecule has 208 valence electrons. The van der Waals surface area contributed by atoms with E-state index in [0.29, 0.717) is 21.9 Å². The Hall–Kier alpha value is -4.14. The third kappa shape index (κ3) is 4.87. The number of rotatable bonds is 8. The monoisotopic (exact) mass is 587 g/mol. The van der Waals surface area contributed by atoms with Crippen molar-refractivity contribution in [2.75, 3.05) is 31.6 Å². The summed E-state index contributed by atoms with van der Waals surface area (Å²) in [6.45, 7) is 4.19. The molecule has 1 saturated heterocycles. The van der Waals surface area contributed by atoms with Gasteiger partial charge >= 0.3 is 0 Å². The number of benzene rings is 2. The van der Waals surface area contributed by atoms with Crippen LogP contribution >= 0.6 is 22.7 Å². The largest absolute Gasteiger partial charge is 0.379 e. The van der Waals surface area contributed by atoms with Gasteiger partial charge in [0.15, 0.2) is 16.1 Å². The number of aliphatic hydroxyl groups is 1. The maximum absolute atomic E-state index is 11.5. The van der Waals surface area contributed by atoms with Crippen molar-refractivity contribution in [2.45, 2.75) is 12.8 Å². The fourth-order valence-corrected chi connectivity index (χ4v) is 6.85. The number of hydrogen-bond acceptors (Lipinski definition) is 10. The number of aliphatic hydroxyl groups excluding tert-OH is 1. The smallest absolute Gasteiger partial charge is 0.278 e. The summed E-state index contributed by atoms with van der Waals surface area (Å²) >= 11 is 2.97. The van der Waals surface area contributed by atoms with E-state index in [1.165, 1.54) is 23.1 Å². The Labute approximate surface area is 242 Å². The van der Waals surface area contributed by atoms with Crippen LogP contribution in [0.25, 0.3) is 32.4 Å². The molecule has 1 atom stereocenters.